The smallest absolute Gasteiger partial charge is 0.321 e. The number of sulfone groups is 1. The molecule has 0 aromatic carbocycles. The molecule has 0 aliphatic heterocycles. The normalized spacial score (nSPS) is 13.9. The Hall–Kier alpha value is -1.20. The fraction of sp³-hybridized carbons (Fsp3) is 0.750. The predicted octanol–water partition coefficient (Wildman–Crippen LogP) is -1.38. The highest BCUT2D eigenvalue weighted by Crippen LogP contribution is 2.04. The standard InChI is InChI=1S/C8H15NO8S2/c1-18(14,15)5-19(16,17)9-6(8(12)13)3-2-4-7(10)11/h6,9H,2-5H2,1H3,(H,10,11)(H,12,13)/t6-/m1/s1. The monoisotopic (exact) mass is 317 g/mol. The number of carboxylic acid groups (broad SMARTS) is 2. The molecule has 0 amide bonds. The minimum atomic E-state index is -4.30. The Morgan fingerprint density at radius 3 is 2.05 bits per heavy atom. The van der Waals surface area contributed by atoms with E-state index in [2.05, 4.69) is 0 Å². The van der Waals surface area contributed by atoms with Gasteiger partial charge in [0.1, 0.15) is 6.04 Å². The van der Waals surface area contributed by atoms with Crippen LogP contribution in [0.15, 0.2) is 0 Å². The summed E-state index contributed by atoms with van der Waals surface area (Å²) in [6.45, 7) is 0. The number of rotatable bonds is 9. The number of carbonyl (C=O) groups is 2. The molecule has 0 rings (SSSR count). The SMILES string of the molecule is CS(=O)(=O)CS(=O)(=O)N[C@H](CCCC(=O)O)C(=O)O. The molecule has 0 aromatic heterocycles. The maximum Gasteiger partial charge on any atom is 0.321 e. The highest BCUT2D eigenvalue weighted by molar-refractivity contribution is 8.06. The van der Waals surface area contributed by atoms with Crippen LogP contribution in [-0.4, -0.2) is 56.4 Å². The number of hydrogen-bond donors (Lipinski definition) is 3. The Bertz CT molecular complexity index is 535. The zero-order chi connectivity index (χ0) is 15.3. The first kappa shape index (κ1) is 17.8. The lowest BCUT2D eigenvalue weighted by Gasteiger charge is -2.13. The third-order valence-electron chi connectivity index (χ3n) is 1.87. The van der Waals surface area contributed by atoms with Crippen molar-refractivity contribution in [2.24, 2.45) is 0 Å². The molecular formula is C8H15NO8S2. The first-order valence-corrected chi connectivity index (χ1v) is 8.76. The largest absolute Gasteiger partial charge is 0.481 e. The lowest BCUT2D eigenvalue weighted by atomic mass is 10.1. The van der Waals surface area contributed by atoms with Gasteiger partial charge in [0, 0.05) is 12.7 Å². The van der Waals surface area contributed by atoms with Crippen molar-refractivity contribution in [2.45, 2.75) is 25.3 Å². The molecule has 0 fully saturated rings. The summed E-state index contributed by atoms with van der Waals surface area (Å²) in [5.74, 6) is -2.63. The summed E-state index contributed by atoms with van der Waals surface area (Å²) in [7, 11) is -8.12. The van der Waals surface area contributed by atoms with Crippen LogP contribution in [0, 0.1) is 0 Å². The van der Waals surface area contributed by atoms with Gasteiger partial charge in [-0.1, -0.05) is 0 Å². The summed E-state index contributed by atoms with van der Waals surface area (Å²) < 4.78 is 46.2. The van der Waals surface area contributed by atoms with E-state index in [1.807, 2.05) is 0 Å². The Labute approximate surface area is 110 Å². The summed E-state index contributed by atoms with van der Waals surface area (Å²) in [6.07, 6.45) is 0.0995. The first-order valence-electron chi connectivity index (χ1n) is 5.05. The number of sulfonamides is 1. The maximum atomic E-state index is 11.4. The van der Waals surface area contributed by atoms with Crippen molar-refractivity contribution in [2.75, 3.05) is 11.3 Å². The lowest BCUT2D eigenvalue weighted by molar-refractivity contribution is -0.140. The van der Waals surface area contributed by atoms with E-state index in [-0.39, 0.29) is 19.3 Å². The van der Waals surface area contributed by atoms with Gasteiger partial charge in [-0.25, -0.2) is 21.6 Å². The van der Waals surface area contributed by atoms with Crippen LogP contribution in [0.25, 0.3) is 0 Å². The Morgan fingerprint density at radius 2 is 1.68 bits per heavy atom. The summed E-state index contributed by atoms with van der Waals surface area (Å²) >= 11 is 0. The second-order valence-electron chi connectivity index (χ2n) is 3.95. The van der Waals surface area contributed by atoms with Crippen LogP contribution < -0.4 is 4.72 Å². The van der Waals surface area contributed by atoms with Gasteiger partial charge < -0.3 is 10.2 Å². The van der Waals surface area contributed by atoms with Crippen molar-refractivity contribution in [3.05, 3.63) is 0 Å². The molecule has 0 unspecified atom stereocenters. The van der Waals surface area contributed by atoms with E-state index in [1.54, 1.807) is 4.72 Å². The fourth-order valence-corrected chi connectivity index (χ4v) is 4.40. The quantitative estimate of drug-likeness (QED) is 0.469. The zero-order valence-electron chi connectivity index (χ0n) is 10.1. The van der Waals surface area contributed by atoms with E-state index < -0.39 is 42.9 Å². The van der Waals surface area contributed by atoms with E-state index in [9.17, 15) is 26.4 Å². The van der Waals surface area contributed by atoms with Gasteiger partial charge in [0.2, 0.25) is 10.0 Å². The van der Waals surface area contributed by atoms with Crippen molar-refractivity contribution in [1.82, 2.24) is 4.72 Å². The van der Waals surface area contributed by atoms with Crippen molar-refractivity contribution in [1.29, 1.82) is 0 Å². The summed E-state index contributed by atoms with van der Waals surface area (Å²) in [5, 5.41) is 15.9. The molecule has 19 heavy (non-hydrogen) atoms. The summed E-state index contributed by atoms with van der Waals surface area (Å²) in [6, 6.07) is -1.55. The Morgan fingerprint density at radius 1 is 1.16 bits per heavy atom. The van der Waals surface area contributed by atoms with Crippen LogP contribution in [0.4, 0.5) is 0 Å². The highest BCUT2D eigenvalue weighted by atomic mass is 32.3. The van der Waals surface area contributed by atoms with Crippen LogP contribution in [0.3, 0.4) is 0 Å². The van der Waals surface area contributed by atoms with Gasteiger partial charge in [0.25, 0.3) is 0 Å². The maximum absolute atomic E-state index is 11.4. The van der Waals surface area contributed by atoms with Crippen molar-refractivity contribution in [3.63, 3.8) is 0 Å². The van der Waals surface area contributed by atoms with Crippen molar-refractivity contribution < 1.29 is 36.6 Å². The molecule has 0 bridgehead atoms. The number of nitrogens with one attached hydrogen (secondary N) is 1. The van der Waals surface area contributed by atoms with Crippen LogP contribution >= 0.6 is 0 Å². The van der Waals surface area contributed by atoms with E-state index in [0.717, 1.165) is 0 Å². The van der Waals surface area contributed by atoms with Gasteiger partial charge in [-0.3, -0.25) is 9.59 Å². The molecule has 112 valence electrons. The van der Waals surface area contributed by atoms with Crippen molar-refractivity contribution in [3.8, 4) is 0 Å². The Kier molecular flexibility index (Phi) is 6.39. The molecule has 0 radical (unpaired) electrons. The van der Waals surface area contributed by atoms with E-state index in [1.165, 1.54) is 0 Å². The van der Waals surface area contributed by atoms with Crippen molar-refractivity contribution >= 4 is 31.8 Å². The van der Waals surface area contributed by atoms with E-state index >= 15 is 0 Å². The van der Waals surface area contributed by atoms with Gasteiger partial charge >= 0.3 is 11.9 Å². The minimum absolute atomic E-state index is 0.0479. The van der Waals surface area contributed by atoms with Crippen LogP contribution in [-0.2, 0) is 29.4 Å². The number of carboxylic acids is 2. The first-order chi connectivity index (χ1) is 8.43. The molecular weight excluding hydrogens is 302 g/mol. The molecule has 0 saturated heterocycles. The molecule has 0 aliphatic rings. The molecule has 0 spiro atoms. The number of hydrogen-bond acceptors (Lipinski definition) is 6. The summed E-state index contributed by atoms with van der Waals surface area (Å²) in [4.78, 5) is 21.1. The fourth-order valence-electron chi connectivity index (χ4n) is 1.22. The molecule has 11 heteroatoms. The molecule has 0 aromatic rings. The van der Waals surface area contributed by atoms with Gasteiger partial charge in [-0.15, -0.1) is 0 Å². The van der Waals surface area contributed by atoms with E-state index in [0.29, 0.717) is 6.26 Å². The predicted molar refractivity (Wildman–Crippen MR) is 64.7 cm³/mol. The van der Waals surface area contributed by atoms with Gasteiger partial charge in [0.05, 0.1) is 0 Å². The molecule has 9 nitrogen and oxygen atoms in total. The third-order valence-corrected chi connectivity index (χ3v) is 5.47. The lowest BCUT2D eigenvalue weighted by Crippen LogP contribution is -2.42. The zero-order valence-corrected chi connectivity index (χ0v) is 11.7. The summed E-state index contributed by atoms with van der Waals surface area (Å²) in [5.41, 5.74) is 0. The average Bonchev–Trinajstić information content (AvgIpc) is 2.10. The minimum Gasteiger partial charge on any atom is -0.481 e. The molecule has 0 heterocycles. The number of aliphatic carboxylic acids is 2. The van der Waals surface area contributed by atoms with Crippen LogP contribution in [0.1, 0.15) is 19.3 Å². The topological polar surface area (TPSA) is 155 Å². The second-order valence-corrected chi connectivity index (χ2v) is 8.21. The molecule has 0 aliphatic carbocycles. The second kappa shape index (κ2) is 6.82. The van der Waals surface area contributed by atoms with Gasteiger partial charge in [-0.2, -0.15) is 0 Å². The molecule has 1 atom stereocenters. The molecule has 0 saturated carbocycles. The van der Waals surface area contributed by atoms with Crippen LogP contribution in [0.5, 0.6) is 0 Å². The Balaban J connectivity index is 4.67. The third kappa shape index (κ3) is 9.39. The van der Waals surface area contributed by atoms with Crippen LogP contribution in [0.2, 0.25) is 0 Å². The average molecular weight is 317 g/mol. The molecule has 3 N–H and O–H groups in total. The van der Waals surface area contributed by atoms with Gasteiger partial charge in [0.15, 0.2) is 14.9 Å². The van der Waals surface area contributed by atoms with Gasteiger partial charge in [-0.05, 0) is 12.8 Å². The van der Waals surface area contributed by atoms with E-state index in [4.69, 9.17) is 10.2 Å². The highest BCUT2D eigenvalue weighted by Gasteiger charge is 2.26.